The summed E-state index contributed by atoms with van der Waals surface area (Å²) in [5, 5.41) is 0. The van der Waals surface area contributed by atoms with Crippen molar-refractivity contribution in [3.05, 3.63) is 28.5 Å². The Morgan fingerprint density at radius 3 is 2.83 bits per heavy atom. The number of benzene rings is 1. The third-order valence-electron chi connectivity index (χ3n) is 4.83. The summed E-state index contributed by atoms with van der Waals surface area (Å²) >= 11 is 5.52. The van der Waals surface area contributed by atoms with Crippen LogP contribution in [-0.4, -0.2) is 9.55 Å². The van der Waals surface area contributed by atoms with Crippen LogP contribution in [0.25, 0.3) is 11.0 Å². The van der Waals surface area contributed by atoms with Crippen molar-refractivity contribution in [3.8, 4) is 0 Å². The van der Waals surface area contributed by atoms with Crippen molar-refractivity contribution in [1.29, 1.82) is 0 Å². The molecular formula is C15H18N2S. The van der Waals surface area contributed by atoms with E-state index in [1.807, 2.05) is 0 Å². The number of rotatable bonds is 3. The summed E-state index contributed by atoms with van der Waals surface area (Å²) in [7, 11) is 0. The molecule has 1 heterocycles. The smallest absolute Gasteiger partial charge is 0.178 e. The molecule has 2 aliphatic carbocycles. The lowest BCUT2D eigenvalue weighted by atomic mass is 10.0. The average molecular weight is 258 g/mol. The van der Waals surface area contributed by atoms with Gasteiger partial charge in [-0.25, -0.2) is 0 Å². The minimum Gasteiger partial charge on any atom is -0.330 e. The van der Waals surface area contributed by atoms with E-state index >= 15 is 0 Å². The van der Waals surface area contributed by atoms with Crippen molar-refractivity contribution in [3.63, 3.8) is 0 Å². The summed E-state index contributed by atoms with van der Waals surface area (Å²) in [6.45, 7) is 3.27. The Kier molecular flexibility index (Phi) is 2.08. The highest BCUT2D eigenvalue weighted by molar-refractivity contribution is 7.71. The monoisotopic (exact) mass is 258 g/mol. The molecule has 0 spiro atoms. The van der Waals surface area contributed by atoms with Gasteiger partial charge in [-0.2, -0.15) is 0 Å². The Labute approximate surface area is 112 Å². The van der Waals surface area contributed by atoms with Crippen LogP contribution < -0.4 is 0 Å². The van der Waals surface area contributed by atoms with E-state index in [4.69, 9.17) is 12.2 Å². The van der Waals surface area contributed by atoms with E-state index in [-0.39, 0.29) is 0 Å². The summed E-state index contributed by atoms with van der Waals surface area (Å²) in [6, 6.07) is 6.47. The predicted octanol–water partition coefficient (Wildman–Crippen LogP) is 4.20. The van der Waals surface area contributed by atoms with Gasteiger partial charge in [0.05, 0.1) is 11.0 Å². The van der Waals surface area contributed by atoms with Crippen molar-refractivity contribution >= 4 is 23.3 Å². The molecule has 3 heteroatoms. The van der Waals surface area contributed by atoms with Crippen molar-refractivity contribution < 1.29 is 0 Å². The molecular weight excluding hydrogens is 240 g/mol. The molecule has 4 rings (SSSR count). The largest absolute Gasteiger partial charge is 0.330 e. The fraction of sp³-hybridized carbons (Fsp3) is 0.533. The highest BCUT2D eigenvalue weighted by Crippen LogP contribution is 2.62. The van der Waals surface area contributed by atoms with Crippen LogP contribution in [0.3, 0.4) is 0 Å². The van der Waals surface area contributed by atoms with Crippen molar-refractivity contribution in [1.82, 2.24) is 9.55 Å². The number of hydrogen-bond donors (Lipinski definition) is 1. The lowest BCUT2D eigenvalue weighted by Crippen LogP contribution is -2.13. The van der Waals surface area contributed by atoms with E-state index in [1.54, 1.807) is 0 Å². The zero-order valence-electron chi connectivity index (χ0n) is 10.7. The maximum atomic E-state index is 5.52. The van der Waals surface area contributed by atoms with Gasteiger partial charge in [-0.3, -0.25) is 0 Å². The number of aromatic amines is 1. The molecule has 2 aliphatic rings. The maximum absolute atomic E-state index is 5.52. The number of hydrogen-bond acceptors (Lipinski definition) is 1. The van der Waals surface area contributed by atoms with Crippen LogP contribution in [0, 0.1) is 23.0 Å². The van der Waals surface area contributed by atoms with Gasteiger partial charge >= 0.3 is 0 Å². The summed E-state index contributed by atoms with van der Waals surface area (Å²) < 4.78 is 3.23. The lowest BCUT2D eigenvalue weighted by molar-refractivity contribution is 0.373. The van der Waals surface area contributed by atoms with Gasteiger partial charge in [0.25, 0.3) is 0 Å². The zero-order valence-corrected chi connectivity index (χ0v) is 11.5. The van der Waals surface area contributed by atoms with Crippen molar-refractivity contribution in [2.45, 2.75) is 39.2 Å². The van der Waals surface area contributed by atoms with E-state index < -0.39 is 0 Å². The third-order valence-corrected chi connectivity index (χ3v) is 5.15. The predicted molar refractivity (Wildman–Crippen MR) is 76.3 cm³/mol. The molecule has 0 unspecified atom stereocenters. The molecule has 94 valence electrons. The molecule has 1 aromatic heterocycles. The number of fused-ring (bicyclic) bond motifs is 1. The number of nitrogens with one attached hydrogen (secondary N) is 1. The van der Waals surface area contributed by atoms with Gasteiger partial charge in [0.1, 0.15) is 0 Å². The zero-order chi connectivity index (χ0) is 12.3. The van der Waals surface area contributed by atoms with Crippen LogP contribution in [0.1, 0.15) is 31.2 Å². The molecule has 2 fully saturated rings. The number of aromatic nitrogens is 2. The van der Waals surface area contributed by atoms with Crippen LogP contribution in [0.4, 0.5) is 0 Å². The standard InChI is InChI=1S/C15H18N2S/c1-10-3-2-4-12-13(10)16-14(18)17(12)9-15(7-8-15)11-5-6-11/h2-4,11H,5-9H2,1H3,(H,16,18). The molecule has 1 aromatic carbocycles. The molecule has 0 saturated heterocycles. The van der Waals surface area contributed by atoms with E-state index in [1.165, 1.54) is 42.3 Å². The Morgan fingerprint density at radius 1 is 1.39 bits per heavy atom. The Bertz CT molecular complexity index is 671. The highest BCUT2D eigenvalue weighted by atomic mass is 32.1. The van der Waals surface area contributed by atoms with Gasteiger partial charge < -0.3 is 9.55 Å². The molecule has 0 radical (unpaired) electrons. The topological polar surface area (TPSA) is 20.7 Å². The molecule has 0 aliphatic heterocycles. The number of nitrogens with zero attached hydrogens (tertiary/aromatic N) is 1. The van der Waals surface area contributed by atoms with E-state index in [0.717, 1.165) is 17.2 Å². The van der Waals surface area contributed by atoms with E-state index in [2.05, 4.69) is 34.7 Å². The first-order valence-electron chi connectivity index (χ1n) is 6.88. The number of para-hydroxylation sites is 1. The second-order valence-corrected chi connectivity index (χ2v) is 6.51. The van der Waals surface area contributed by atoms with Gasteiger partial charge in [-0.1, -0.05) is 12.1 Å². The second-order valence-electron chi connectivity index (χ2n) is 6.12. The maximum Gasteiger partial charge on any atom is 0.178 e. The molecule has 2 nitrogen and oxygen atoms in total. The van der Waals surface area contributed by atoms with Gasteiger partial charge in [-0.05, 0) is 67.8 Å². The van der Waals surface area contributed by atoms with Crippen LogP contribution in [-0.2, 0) is 6.54 Å². The summed E-state index contributed by atoms with van der Waals surface area (Å²) in [4.78, 5) is 3.38. The Balaban J connectivity index is 1.82. The average Bonchev–Trinajstić information content (AvgIpc) is 3.23. The summed E-state index contributed by atoms with van der Waals surface area (Å²) in [5.41, 5.74) is 4.38. The lowest BCUT2D eigenvalue weighted by Gasteiger charge is -2.15. The minimum atomic E-state index is 0.594. The van der Waals surface area contributed by atoms with Crippen LogP contribution >= 0.6 is 12.2 Å². The van der Waals surface area contributed by atoms with Crippen LogP contribution in [0.2, 0.25) is 0 Å². The quantitative estimate of drug-likeness (QED) is 0.818. The van der Waals surface area contributed by atoms with Gasteiger partial charge in [0.15, 0.2) is 4.77 Å². The van der Waals surface area contributed by atoms with Crippen molar-refractivity contribution in [2.24, 2.45) is 11.3 Å². The highest BCUT2D eigenvalue weighted by Gasteiger charge is 2.53. The van der Waals surface area contributed by atoms with Crippen LogP contribution in [0.5, 0.6) is 0 Å². The Morgan fingerprint density at radius 2 is 2.17 bits per heavy atom. The van der Waals surface area contributed by atoms with Crippen LogP contribution in [0.15, 0.2) is 18.2 Å². The molecule has 0 atom stereocenters. The van der Waals surface area contributed by atoms with E-state index in [0.29, 0.717) is 5.41 Å². The summed E-state index contributed by atoms with van der Waals surface area (Å²) in [6.07, 6.45) is 5.68. The third kappa shape index (κ3) is 1.50. The van der Waals surface area contributed by atoms with Crippen molar-refractivity contribution in [2.75, 3.05) is 0 Å². The fourth-order valence-electron chi connectivity index (χ4n) is 3.35. The first-order valence-corrected chi connectivity index (χ1v) is 7.29. The van der Waals surface area contributed by atoms with Gasteiger partial charge in [-0.15, -0.1) is 0 Å². The molecule has 1 N–H and O–H groups in total. The normalized spacial score (nSPS) is 21.4. The minimum absolute atomic E-state index is 0.594. The summed E-state index contributed by atoms with van der Waals surface area (Å²) in [5.74, 6) is 0.981. The van der Waals surface area contributed by atoms with Gasteiger partial charge in [0, 0.05) is 6.54 Å². The first kappa shape index (κ1) is 10.8. The molecule has 2 saturated carbocycles. The SMILES string of the molecule is Cc1cccc2c1[nH]c(=S)n2CC1(C2CC2)CC1. The molecule has 2 aromatic rings. The number of imidazole rings is 1. The molecule has 18 heavy (non-hydrogen) atoms. The fourth-order valence-corrected chi connectivity index (χ4v) is 3.61. The number of aryl methyl sites for hydroxylation is 1. The van der Waals surface area contributed by atoms with E-state index in [9.17, 15) is 0 Å². The molecule has 0 amide bonds. The first-order chi connectivity index (χ1) is 8.70. The molecule has 0 bridgehead atoms. The second kappa shape index (κ2) is 3.47. The Hall–Kier alpha value is -1.09. The number of H-pyrrole nitrogens is 1. The van der Waals surface area contributed by atoms with Gasteiger partial charge in [0.2, 0.25) is 0 Å².